The Morgan fingerprint density at radius 2 is 1.67 bits per heavy atom. The topological polar surface area (TPSA) is 49.8 Å². The number of methoxy groups -OCH3 is 1. The van der Waals surface area contributed by atoms with Crippen LogP contribution in [0.3, 0.4) is 0 Å². The van der Waals surface area contributed by atoms with Crippen molar-refractivity contribution in [2.24, 2.45) is 0 Å². The van der Waals surface area contributed by atoms with Crippen molar-refractivity contribution >= 4 is 11.6 Å². The summed E-state index contributed by atoms with van der Waals surface area (Å²) in [6.45, 7) is 0. The molecule has 2 unspecified atom stereocenters. The monoisotopic (exact) mass is 496 g/mol. The van der Waals surface area contributed by atoms with E-state index in [0.717, 1.165) is 17.0 Å². The van der Waals surface area contributed by atoms with Gasteiger partial charge in [0.15, 0.2) is 6.10 Å². The number of carbonyl (C=O) groups is 1. The van der Waals surface area contributed by atoms with Gasteiger partial charge in [0.25, 0.3) is 5.91 Å². The maximum absolute atomic E-state index is 11.9. The van der Waals surface area contributed by atoms with E-state index in [0.29, 0.717) is 0 Å². The van der Waals surface area contributed by atoms with Crippen molar-refractivity contribution in [3.63, 3.8) is 0 Å². The molecular formula is C16H15AcNO3. The predicted octanol–water partition coefficient (Wildman–Crippen LogP) is 2.14. The van der Waals surface area contributed by atoms with Gasteiger partial charge in [-0.25, -0.2) is 0 Å². The Labute approximate surface area is 159 Å². The third-order valence-electron chi connectivity index (χ3n) is 3.56. The van der Waals surface area contributed by atoms with Gasteiger partial charge >= 0.3 is 0 Å². The number of aliphatic hydroxyl groups is 1. The van der Waals surface area contributed by atoms with Crippen molar-refractivity contribution in [2.75, 3.05) is 12.0 Å². The summed E-state index contributed by atoms with van der Waals surface area (Å²) in [4.78, 5) is 13.6. The summed E-state index contributed by atoms with van der Waals surface area (Å²) in [7, 11) is 1.60. The predicted molar refractivity (Wildman–Crippen MR) is 75.7 cm³/mol. The molecule has 2 atom stereocenters. The molecule has 1 radical (unpaired) electrons. The number of benzene rings is 2. The first kappa shape index (κ1) is 16.5. The summed E-state index contributed by atoms with van der Waals surface area (Å²) in [5.41, 5.74) is 1.69. The van der Waals surface area contributed by atoms with Crippen molar-refractivity contribution in [3.8, 4) is 5.75 Å². The molecule has 1 N–H and O–H groups in total. The van der Waals surface area contributed by atoms with Gasteiger partial charge in [-0.3, -0.25) is 9.69 Å². The van der Waals surface area contributed by atoms with Crippen LogP contribution in [0.25, 0.3) is 0 Å². The van der Waals surface area contributed by atoms with Crippen molar-refractivity contribution in [3.05, 3.63) is 60.2 Å². The van der Waals surface area contributed by atoms with E-state index in [1.807, 2.05) is 42.5 Å². The van der Waals surface area contributed by atoms with Crippen molar-refractivity contribution in [2.45, 2.75) is 12.1 Å². The standard InChI is InChI=1S/C16H15NO3.Ac/c1-20-13-9-7-12(8-10-13)17-14(15(18)16(17)19)11-5-3-2-4-6-11;/h2-10,14-15,18H,1H3;. The van der Waals surface area contributed by atoms with Gasteiger partial charge in [0.05, 0.1) is 13.2 Å². The number of carbonyl (C=O) groups excluding carboxylic acids is 1. The minimum absolute atomic E-state index is 0. The fourth-order valence-electron chi connectivity index (χ4n) is 2.49. The largest absolute Gasteiger partial charge is 0.497 e. The number of rotatable bonds is 3. The maximum atomic E-state index is 11.9. The van der Waals surface area contributed by atoms with Gasteiger partial charge in [0.2, 0.25) is 0 Å². The van der Waals surface area contributed by atoms with Crippen LogP contribution in [0.2, 0.25) is 0 Å². The number of β-lactam (4-membered cyclic amide) rings is 1. The number of hydrogen-bond acceptors (Lipinski definition) is 3. The van der Waals surface area contributed by atoms with E-state index in [-0.39, 0.29) is 56.0 Å². The van der Waals surface area contributed by atoms with Crippen LogP contribution in [0, 0.1) is 44.1 Å². The quantitative estimate of drug-likeness (QED) is 0.663. The van der Waals surface area contributed by atoms with E-state index in [2.05, 4.69) is 0 Å². The smallest absolute Gasteiger partial charge is 0.259 e. The van der Waals surface area contributed by atoms with Gasteiger partial charge in [0, 0.05) is 49.7 Å². The second-order valence-electron chi connectivity index (χ2n) is 4.71. The zero-order valence-corrected chi connectivity index (χ0v) is 16.4. The fraction of sp³-hybridized carbons (Fsp3) is 0.188. The molecule has 3 rings (SSSR count). The normalized spacial score (nSPS) is 20.5. The molecule has 0 aromatic heterocycles. The van der Waals surface area contributed by atoms with Gasteiger partial charge in [-0.2, -0.15) is 0 Å². The van der Waals surface area contributed by atoms with Crippen LogP contribution >= 0.6 is 0 Å². The first-order chi connectivity index (χ1) is 9.72. The van der Waals surface area contributed by atoms with Crippen LogP contribution < -0.4 is 9.64 Å². The third kappa shape index (κ3) is 3.01. The van der Waals surface area contributed by atoms with Crippen LogP contribution in [0.5, 0.6) is 5.75 Å². The summed E-state index contributed by atoms with van der Waals surface area (Å²) >= 11 is 0. The molecule has 2 aromatic carbocycles. The summed E-state index contributed by atoms with van der Waals surface area (Å²) < 4.78 is 5.11. The minimum Gasteiger partial charge on any atom is -0.497 e. The molecule has 0 spiro atoms. The zero-order chi connectivity index (χ0) is 14.1. The molecule has 0 bridgehead atoms. The molecule has 5 heteroatoms. The van der Waals surface area contributed by atoms with Crippen molar-refractivity contribution in [1.82, 2.24) is 0 Å². The van der Waals surface area contributed by atoms with Crippen LogP contribution in [0.4, 0.5) is 5.69 Å². The average molecular weight is 496 g/mol. The van der Waals surface area contributed by atoms with E-state index in [1.54, 1.807) is 24.1 Å². The Morgan fingerprint density at radius 1 is 1.05 bits per heavy atom. The van der Waals surface area contributed by atoms with Crippen molar-refractivity contribution in [1.29, 1.82) is 0 Å². The number of aliphatic hydroxyl groups excluding tert-OH is 1. The Morgan fingerprint density at radius 3 is 2.24 bits per heavy atom. The molecule has 1 fully saturated rings. The fourth-order valence-corrected chi connectivity index (χ4v) is 2.49. The second kappa shape index (κ2) is 6.91. The molecular weight excluding hydrogens is 481 g/mol. The van der Waals surface area contributed by atoms with Crippen LogP contribution in [0.15, 0.2) is 54.6 Å². The van der Waals surface area contributed by atoms with E-state index < -0.39 is 6.10 Å². The summed E-state index contributed by atoms with van der Waals surface area (Å²) in [6.07, 6.45) is -0.973. The molecule has 0 aliphatic carbocycles. The first-order valence-electron chi connectivity index (χ1n) is 6.42. The number of anilines is 1. The molecule has 4 nitrogen and oxygen atoms in total. The Bertz CT molecular complexity index is 615. The average Bonchev–Trinajstić information content (AvgIpc) is 2.52. The molecule has 0 saturated carbocycles. The summed E-state index contributed by atoms with van der Waals surface area (Å²) in [5.74, 6) is 0.461. The third-order valence-corrected chi connectivity index (χ3v) is 3.56. The van der Waals surface area contributed by atoms with Crippen molar-refractivity contribution < 1.29 is 58.7 Å². The van der Waals surface area contributed by atoms with E-state index >= 15 is 0 Å². The first-order valence-corrected chi connectivity index (χ1v) is 6.42. The minimum atomic E-state index is -0.973. The van der Waals surface area contributed by atoms with E-state index in [4.69, 9.17) is 4.74 Å². The number of amides is 1. The molecule has 1 aliphatic rings. The second-order valence-corrected chi connectivity index (χ2v) is 4.71. The molecule has 21 heavy (non-hydrogen) atoms. The van der Waals surface area contributed by atoms with Crippen LogP contribution in [-0.2, 0) is 4.79 Å². The SMILES string of the molecule is COc1ccc(N2C(=O)C(O)C2c2ccccc2)cc1.[Ac]. The number of nitrogens with zero attached hydrogens (tertiary/aromatic N) is 1. The molecule has 1 aliphatic heterocycles. The zero-order valence-electron chi connectivity index (χ0n) is 11.6. The molecule has 105 valence electrons. The van der Waals surface area contributed by atoms with Crippen LogP contribution in [0.1, 0.15) is 11.6 Å². The van der Waals surface area contributed by atoms with Gasteiger partial charge in [-0.15, -0.1) is 0 Å². The van der Waals surface area contributed by atoms with Gasteiger partial charge in [0.1, 0.15) is 5.75 Å². The van der Waals surface area contributed by atoms with E-state index in [1.165, 1.54) is 0 Å². The molecule has 2 aromatic rings. The van der Waals surface area contributed by atoms with Gasteiger partial charge in [-0.05, 0) is 29.8 Å². The molecule has 1 heterocycles. The maximum Gasteiger partial charge on any atom is 0.259 e. The van der Waals surface area contributed by atoms with E-state index in [9.17, 15) is 9.90 Å². The van der Waals surface area contributed by atoms with Gasteiger partial charge < -0.3 is 9.84 Å². The molecule has 1 saturated heterocycles. The van der Waals surface area contributed by atoms with Gasteiger partial charge in [-0.1, -0.05) is 30.3 Å². The summed E-state index contributed by atoms with van der Waals surface area (Å²) in [5, 5.41) is 9.95. The summed E-state index contributed by atoms with van der Waals surface area (Å²) in [6, 6.07) is 16.5. The number of ether oxygens (including phenoxy) is 1. The Kier molecular flexibility index (Phi) is 5.43. The number of hydrogen-bond donors (Lipinski definition) is 1. The Hall–Kier alpha value is -0.888. The molecule has 1 amide bonds. The Balaban J connectivity index is 0.00000161. The van der Waals surface area contributed by atoms with Crippen LogP contribution in [-0.4, -0.2) is 24.2 Å².